The Bertz CT molecular complexity index is 2540. The average molecular weight is 654 g/mol. The number of hydrogen-bond donors (Lipinski definition) is 0. The lowest BCUT2D eigenvalue weighted by molar-refractivity contribution is 1.17. The third-order valence-electron chi connectivity index (χ3n) is 9.68. The number of aromatic nitrogens is 1. The van der Waals surface area contributed by atoms with Gasteiger partial charge in [-0.25, -0.2) is 0 Å². The first-order valence-electron chi connectivity index (χ1n) is 17.3. The van der Waals surface area contributed by atoms with E-state index in [2.05, 4.69) is 221 Å². The van der Waals surface area contributed by atoms with E-state index in [4.69, 9.17) is 0 Å². The van der Waals surface area contributed by atoms with Crippen LogP contribution in [0.25, 0.3) is 38.6 Å². The summed E-state index contributed by atoms with van der Waals surface area (Å²) in [7, 11) is 0. The highest BCUT2D eigenvalue weighted by Gasteiger charge is 2.19. The Balaban J connectivity index is 1.19. The van der Waals surface area contributed by atoms with Crippen molar-refractivity contribution in [1.82, 2.24) is 4.57 Å². The Morgan fingerprint density at radius 2 is 1.04 bits per heavy atom. The quantitative estimate of drug-likeness (QED) is 0.177. The Morgan fingerprint density at radius 1 is 0.451 bits per heavy atom. The van der Waals surface area contributed by atoms with E-state index in [9.17, 15) is 0 Å². The molecular formula is C48H35N3. The molecule has 0 bridgehead atoms. The second kappa shape index (κ2) is 12.9. The van der Waals surface area contributed by atoms with Gasteiger partial charge in [-0.15, -0.1) is 0 Å². The van der Waals surface area contributed by atoms with Crippen LogP contribution in [-0.2, 0) is 0 Å². The van der Waals surface area contributed by atoms with Crippen molar-refractivity contribution in [2.45, 2.75) is 0 Å². The second-order valence-corrected chi connectivity index (χ2v) is 12.8. The van der Waals surface area contributed by atoms with Crippen LogP contribution >= 0.6 is 0 Å². The lowest BCUT2D eigenvalue weighted by atomic mass is 9.97. The standard InChI is InChI=1S/C48H35N3/c1-35-25-26-37(34-49(38-15-5-2-6-16-38)46-23-13-11-21-43(35)46)36-27-32-45-44-22-12-14-24-47(44)51(48(45)33-36)42-30-28-41(29-31-42)50(39-17-7-3-8-18-39)40-19-9-4-10-20-40/h2-34H,1H2/b26-25-,37-34+. The molecule has 0 saturated heterocycles. The van der Waals surface area contributed by atoms with Crippen molar-refractivity contribution < 1.29 is 0 Å². The molecule has 1 aliphatic rings. The van der Waals surface area contributed by atoms with Gasteiger partial charge in [-0.2, -0.15) is 0 Å². The largest absolute Gasteiger partial charge is 0.316 e. The highest BCUT2D eigenvalue weighted by atomic mass is 15.1. The van der Waals surface area contributed by atoms with Crippen molar-refractivity contribution in [1.29, 1.82) is 0 Å². The van der Waals surface area contributed by atoms with Gasteiger partial charge in [-0.3, -0.25) is 0 Å². The van der Waals surface area contributed by atoms with Gasteiger partial charge in [0, 0.05) is 51.0 Å². The van der Waals surface area contributed by atoms with Gasteiger partial charge in [0.2, 0.25) is 0 Å². The summed E-state index contributed by atoms with van der Waals surface area (Å²) in [6.45, 7) is 4.46. The molecule has 0 spiro atoms. The number of allylic oxidation sites excluding steroid dienone is 4. The van der Waals surface area contributed by atoms with Crippen molar-refractivity contribution in [3.8, 4) is 5.69 Å². The smallest absolute Gasteiger partial charge is 0.0547 e. The first-order valence-corrected chi connectivity index (χ1v) is 17.3. The zero-order valence-corrected chi connectivity index (χ0v) is 28.1. The molecule has 0 unspecified atom stereocenters. The number of rotatable bonds is 6. The Morgan fingerprint density at radius 3 is 1.76 bits per heavy atom. The zero-order valence-electron chi connectivity index (χ0n) is 28.1. The third kappa shape index (κ3) is 5.51. The van der Waals surface area contributed by atoms with Crippen LogP contribution in [0.3, 0.4) is 0 Å². The molecule has 51 heavy (non-hydrogen) atoms. The minimum atomic E-state index is 0.979. The molecule has 0 saturated carbocycles. The summed E-state index contributed by atoms with van der Waals surface area (Å²) in [4.78, 5) is 4.58. The van der Waals surface area contributed by atoms with Gasteiger partial charge in [-0.05, 0) is 95.6 Å². The van der Waals surface area contributed by atoms with E-state index in [0.29, 0.717) is 0 Å². The predicted molar refractivity (Wildman–Crippen MR) is 217 cm³/mol. The van der Waals surface area contributed by atoms with Crippen LogP contribution in [0.2, 0.25) is 0 Å². The van der Waals surface area contributed by atoms with E-state index < -0.39 is 0 Å². The number of fused-ring (bicyclic) bond motifs is 4. The topological polar surface area (TPSA) is 11.4 Å². The highest BCUT2D eigenvalue weighted by Crippen LogP contribution is 2.40. The second-order valence-electron chi connectivity index (χ2n) is 12.8. The highest BCUT2D eigenvalue weighted by molar-refractivity contribution is 6.10. The van der Waals surface area contributed by atoms with Crippen LogP contribution in [-0.4, -0.2) is 4.57 Å². The predicted octanol–water partition coefficient (Wildman–Crippen LogP) is 13.0. The minimum absolute atomic E-state index is 0.979. The van der Waals surface area contributed by atoms with E-state index in [1.54, 1.807) is 0 Å². The summed E-state index contributed by atoms with van der Waals surface area (Å²) >= 11 is 0. The number of para-hydroxylation sites is 5. The van der Waals surface area contributed by atoms with E-state index in [1.165, 1.54) is 16.3 Å². The van der Waals surface area contributed by atoms with E-state index in [-0.39, 0.29) is 0 Å². The monoisotopic (exact) mass is 653 g/mol. The summed E-state index contributed by atoms with van der Waals surface area (Å²) in [5.74, 6) is 0. The van der Waals surface area contributed by atoms with Gasteiger partial charge in [0.1, 0.15) is 0 Å². The van der Waals surface area contributed by atoms with Crippen LogP contribution in [0.15, 0.2) is 207 Å². The maximum atomic E-state index is 4.46. The third-order valence-corrected chi connectivity index (χ3v) is 9.68. The molecule has 3 heteroatoms. The van der Waals surface area contributed by atoms with Crippen molar-refractivity contribution in [2.24, 2.45) is 0 Å². The van der Waals surface area contributed by atoms with Crippen LogP contribution < -0.4 is 9.80 Å². The first-order chi connectivity index (χ1) is 25.2. The number of anilines is 5. The van der Waals surface area contributed by atoms with E-state index >= 15 is 0 Å². The van der Waals surface area contributed by atoms with Crippen LogP contribution in [0.5, 0.6) is 0 Å². The molecule has 8 aromatic rings. The Hall–Kier alpha value is -6.84. The summed E-state index contributed by atoms with van der Waals surface area (Å²) in [5.41, 5.74) is 13.3. The average Bonchev–Trinajstić information content (AvgIpc) is 3.52. The van der Waals surface area contributed by atoms with E-state index in [0.717, 1.165) is 61.9 Å². The maximum Gasteiger partial charge on any atom is 0.0547 e. The molecule has 0 atom stereocenters. The van der Waals surface area contributed by atoms with Crippen LogP contribution in [0, 0.1) is 0 Å². The molecule has 0 aliphatic carbocycles. The fraction of sp³-hybridized carbons (Fsp3) is 0. The molecule has 242 valence electrons. The molecule has 0 radical (unpaired) electrons. The normalized spacial score (nSPS) is 14.4. The van der Waals surface area contributed by atoms with Gasteiger partial charge >= 0.3 is 0 Å². The van der Waals surface area contributed by atoms with Gasteiger partial charge in [0.05, 0.1) is 16.7 Å². The number of benzene rings is 7. The molecule has 3 nitrogen and oxygen atoms in total. The molecule has 2 heterocycles. The molecule has 1 aliphatic heterocycles. The molecule has 7 aromatic carbocycles. The lowest BCUT2D eigenvalue weighted by Crippen LogP contribution is -2.12. The molecular weight excluding hydrogens is 619 g/mol. The fourth-order valence-corrected chi connectivity index (χ4v) is 7.24. The van der Waals surface area contributed by atoms with Crippen molar-refractivity contribution in [3.63, 3.8) is 0 Å². The zero-order chi connectivity index (χ0) is 34.1. The van der Waals surface area contributed by atoms with Gasteiger partial charge in [0.25, 0.3) is 0 Å². The lowest BCUT2D eigenvalue weighted by Gasteiger charge is -2.26. The van der Waals surface area contributed by atoms with Gasteiger partial charge in [0.15, 0.2) is 0 Å². The molecule has 0 amide bonds. The summed E-state index contributed by atoms with van der Waals surface area (Å²) in [5, 5.41) is 2.45. The fourth-order valence-electron chi connectivity index (χ4n) is 7.24. The number of nitrogens with zero attached hydrogens (tertiary/aromatic N) is 3. The summed E-state index contributed by atoms with van der Waals surface area (Å²) < 4.78 is 2.39. The van der Waals surface area contributed by atoms with Crippen LogP contribution in [0.4, 0.5) is 28.4 Å². The van der Waals surface area contributed by atoms with Crippen LogP contribution in [0.1, 0.15) is 11.1 Å². The minimum Gasteiger partial charge on any atom is -0.316 e. The number of hydrogen-bond acceptors (Lipinski definition) is 2. The molecule has 9 rings (SSSR count). The van der Waals surface area contributed by atoms with Gasteiger partial charge in [-0.1, -0.05) is 122 Å². The molecule has 0 N–H and O–H groups in total. The molecule has 1 aromatic heterocycles. The Labute approximate surface area is 298 Å². The van der Waals surface area contributed by atoms with Crippen molar-refractivity contribution in [3.05, 3.63) is 218 Å². The van der Waals surface area contributed by atoms with Crippen molar-refractivity contribution >= 4 is 61.4 Å². The van der Waals surface area contributed by atoms with Crippen molar-refractivity contribution in [2.75, 3.05) is 9.80 Å². The Kier molecular flexibility index (Phi) is 7.64. The summed E-state index contributed by atoms with van der Waals surface area (Å²) in [6.07, 6.45) is 6.58. The maximum absolute atomic E-state index is 4.46. The van der Waals surface area contributed by atoms with Gasteiger partial charge < -0.3 is 14.4 Å². The molecule has 0 fully saturated rings. The van der Waals surface area contributed by atoms with E-state index in [1.807, 2.05) is 0 Å². The SMILES string of the molecule is C=C1/C=C\C(c2ccc3c4ccccc4n(-c4ccc(N(c5ccccc5)c5ccccc5)cc4)c3c2)=C/N(c2ccccc2)c2ccccc21. The first kappa shape index (κ1) is 30.2. The summed E-state index contributed by atoms with van der Waals surface area (Å²) in [6, 6.07) is 64.6.